The second kappa shape index (κ2) is 5.95. The van der Waals surface area contributed by atoms with Gasteiger partial charge in [-0.2, -0.15) is 13.2 Å². The zero-order chi connectivity index (χ0) is 13.8. The van der Waals surface area contributed by atoms with Crippen LogP contribution in [0.15, 0.2) is 24.3 Å². The smallest absolute Gasteiger partial charge is 0.471 e. The van der Waals surface area contributed by atoms with E-state index in [1.807, 2.05) is 0 Å². The molecular formula is C11H11ClF3NO2. The molecule has 0 aliphatic heterocycles. The van der Waals surface area contributed by atoms with E-state index in [1.165, 1.54) is 0 Å². The zero-order valence-electron chi connectivity index (χ0n) is 9.50. The first-order chi connectivity index (χ1) is 8.32. The summed E-state index contributed by atoms with van der Waals surface area (Å²) in [6.45, 7) is -0.244. The molecule has 0 saturated heterocycles. The van der Waals surface area contributed by atoms with Gasteiger partial charge in [-0.15, -0.1) is 0 Å². The minimum Gasteiger partial charge on any atom is -0.490 e. The van der Waals surface area contributed by atoms with E-state index in [9.17, 15) is 18.0 Å². The fourth-order valence-electron chi connectivity index (χ4n) is 1.17. The number of carbonyl (C=O) groups is 1. The number of benzene rings is 1. The van der Waals surface area contributed by atoms with Crippen LogP contribution in [0.5, 0.6) is 5.75 Å². The molecule has 1 amide bonds. The van der Waals surface area contributed by atoms with E-state index < -0.39 is 12.1 Å². The number of nitrogens with zero attached hydrogens (tertiary/aromatic N) is 1. The summed E-state index contributed by atoms with van der Waals surface area (Å²) in [4.78, 5) is 11.3. The molecule has 18 heavy (non-hydrogen) atoms. The standard InChI is InChI=1S/C11H11ClF3NO2/c1-16(10(17)11(13,14)15)6-7-18-9-5-3-2-4-8(9)12/h2-5H,6-7H2,1H3. The van der Waals surface area contributed by atoms with Gasteiger partial charge in [0, 0.05) is 7.05 Å². The van der Waals surface area contributed by atoms with Crippen LogP contribution in [0.25, 0.3) is 0 Å². The average Bonchev–Trinajstić information content (AvgIpc) is 2.29. The fourth-order valence-corrected chi connectivity index (χ4v) is 1.36. The fraction of sp³-hybridized carbons (Fsp3) is 0.364. The molecule has 0 radical (unpaired) electrons. The number of alkyl halides is 3. The number of rotatable bonds is 4. The highest BCUT2D eigenvalue weighted by Crippen LogP contribution is 2.23. The van der Waals surface area contributed by atoms with Crippen molar-refractivity contribution < 1.29 is 22.7 Å². The molecule has 0 atom stereocenters. The van der Waals surface area contributed by atoms with Gasteiger partial charge >= 0.3 is 12.1 Å². The van der Waals surface area contributed by atoms with Crippen LogP contribution in [0, 0.1) is 0 Å². The van der Waals surface area contributed by atoms with Crippen LogP contribution >= 0.6 is 11.6 Å². The van der Waals surface area contributed by atoms with E-state index in [1.54, 1.807) is 24.3 Å². The molecule has 0 aromatic heterocycles. The summed E-state index contributed by atoms with van der Waals surface area (Å²) in [6, 6.07) is 6.58. The minimum atomic E-state index is -4.86. The normalized spacial score (nSPS) is 11.2. The SMILES string of the molecule is CN(CCOc1ccccc1Cl)C(=O)C(F)(F)F. The quantitative estimate of drug-likeness (QED) is 0.849. The van der Waals surface area contributed by atoms with Gasteiger partial charge in [0.1, 0.15) is 12.4 Å². The molecule has 0 unspecified atom stereocenters. The van der Waals surface area contributed by atoms with Crippen molar-refractivity contribution in [2.24, 2.45) is 0 Å². The lowest BCUT2D eigenvalue weighted by Crippen LogP contribution is -2.40. The Kier molecular flexibility index (Phi) is 4.84. The third-order valence-electron chi connectivity index (χ3n) is 2.11. The number of ether oxygens (including phenoxy) is 1. The minimum absolute atomic E-state index is 0.0674. The molecule has 100 valence electrons. The Morgan fingerprint density at radius 3 is 2.56 bits per heavy atom. The summed E-state index contributed by atoms with van der Waals surface area (Å²) in [5.74, 6) is -1.53. The summed E-state index contributed by atoms with van der Waals surface area (Å²) in [6.07, 6.45) is -4.86. The molecule has 0 fully saturated rings. The van der Waals surface area contributed by atoms with Crippen LogP contribution in [0.3, 0.4) is 0 Å². The van der Waals surface area contributed by atoms with Crippen LogP contribution < -0.4 is 4.74 Å². The Bertz CT molecular complexity index is 423. The lowest BCUT2D eigenvalue weighted by Gasteiger charge is -2.18. The maximum atomic E-state index is 12.1. The van der Waals surface area contributed by atoms with Crippen molar-refractivity contribution >= 4 is 17.5 Å². The molecule has 1 aromatic rings. The van der Waals surface area contributed by atoms with Crippen LogP contribution in [-0.4, -0.2) is 37.2 Å². The van der Waals surface area contributed by atoms with E-state index >= 15 is 0 Å². The first kappa shape index (κ1) is 14.6. The molecule has 0 heterocycles. The summed E-state index contributed by atoms with van der Waals surface area (Å²) >= 11 is 5.79. The Morgan fingerprint density at radius 2 is 2.00 bits per heavy atom. The van der Waals surface area contributed by atoms with Crippen LogP contribution in [0.1, 0.15) is 0 Å². The molecule has 0 N–H and O–H groups in total. The molecule has 0 aliphatic carbocycles. The van der Waals surface area contributed by atoms with Crippen molar-refractivity contribution in [3.8, 4) is 5.75 Å². The van der Waals surface area contributed by atoms with Crippen molar-refractivity contribution in [2.75, 3.05) is 20.2 Å². The lowest BCUT2D eigenvalue weighted by atomic mass is 10.3. The highest BCUT2D eigenvalue weighted by atomic mass is 35.5. The molecule has 1 rings (SSSR count). The molecule has 0 aliphatic rings. The van der Waals surface area contributed by atoms with Gasteiger partial charge < -0.3 is 9.64 Å². The Labute approximate surface area is 107 Å². The van der Waals surface area contributed by atoms with Gasteiger partial charge in [-0.3, -0.25) is 4.79 Å². The van der Waals surface area contributed by atoms with Crippen LogP contribution in [-0.2, 0) is 4.79 Å². The van der Waals surface area contributed by atoms with Gasteiger partial charge in [-0.25, -0.2) is 0 Å². The van der Waals surface area contributed by atoms with Gasteiger partial charge in [0.15, 0.2) is 0 Å². The Hall–Kier alpha value is -1.43. The summed E-state index contributed by atoms with van der Waals surface area (Å²) in [7, 11) is 1.06. The summed E-state index contributed by atoms with van der Waals surface area (Å²) < 4.78 is 41.4. The lowest BCUT2D eigenvalue weighted by molar-refractivity contribution is -0.184. The Balaban J connectivity index is 2.43. The van der Waals surface area contributed by atoms with Gasteiger partial charge in [0.25, 0.3) is 0 Å². The van der Waals surface area contributed by atoms with E-state index in [2.05, 4.69) is 0 Å². The van der Waals surface area contributed by atoms with E-state index in [0.29, 0.717) is 15.7 Å². The first-order valence-corrected chi connectivity index (χ1v) is 5.40. The third-order valence-corrected chi connectivity index (χ3v) is 2.42. The van der Waals surface area contributed by atoms with Crippen molar-refractivity contribution in [1.29, 1.82) is 0 Å². The molecule has 3 nitrogen and oxygen atoms in total. The van der Waals surface area contributed by atoms with Crippen molar-refractivity contribution in [1.82, 2.24) is 4.90 Å². The van der Waals surface area contributed by atoms with Crippen LogP contribution in [0.4, 0.5) is 13.2 Å². The van der Waals surface area contributed by atoms with Crippen molar-refractivity contribution in [3.05, 3.63) is 29.3 Å². The molecular weight excluding hydrogens is 271 g/mol. The molecule has 0 spiro atoms. The molecule has 0 saturated carbocycles. The molecule has 0 bridgehead atoms. The number of hydrogen-bond acceptors (Lipinski definition) is 2. The van der Waals surface area contributed by atoms with E-state index in [-0.39, 0.29) is 13.2 Å². The van der Waals surface area contributed by atoms with Crippen LogP contribution in [0.2, 0.25) is 5.02 Å². The second-order valence-electron chi connectivity index (χ2n) is 3.50. The zero-order valence-corrected chi connectivity index (χ0v) is 10.3. The topological polar surface area (TPSA) is 29.5 Å². The average molecular weight is 282 g/mol. The van der Waals surface area contributed by atoms with Gasteiger partial charge in [0.05, 0.1) is 11.6 Å². The number of amides is 1. The number of likely N-dealkylation sites (N-methyl/N-ethyl adjacent to an activating group) is 1. The van der Waals surface area contributed by atoms with Gasteiger partial charge in [-0.05, 0) is 12.1 Å². The third kappa shape index (κ3) is 4.10. The molecule has 7 heteroatoms. The second-order valence-corrected chi connectivity index (χ2v) is 3.91. The maximum Gasteiger partial charge on any atom is 0.471 e. The van der Waals surface area contributed by atoms with Gasteiger partial charge in [-0.1, -0.05) is 23.7 Å². The number of halogens is 4. The summed E-state index contributed by atoms with van der Waals surface area (Å²) in [5, 5.41) is 0.363. The highest BCUT2D eigenvalue weighted by molar-refractivity contribution is 6.32. The number of carbonyl (C=O) groups excluding carboxylic acids is 1. The maximum absolute atomic E-state index is 12.1. The number of hydrogen-bond donors (Lipinski definition) is 0. The predicted octanol–water partition coefficient (Wildman–Crippen LogP) is 2.74. The molecule has 1 aromatic carbocycles. The summed E-state index contributed by atoms with van der Waals surface area (Å²) in [5.41, 5.74) is 0. The van der Waals surface area contributed by atoms with Crippen molar-refractivity contribution in [2.45, 2.75) is 6.18 Å². The van der Waals surface area contributed by atoms with E-state index in [4.69, 9.17) is 16.3 Å². The van der Waals surface area contributed by atoms with Crippen molar-refractivity contribution in [3.63, 3.8) is 0 Å². The highest BCUT2D eigenvalue weighted by Gasteiger charge is 2.41. The predicted molar refractivity (Wildman–Crippen MR) is 60.6 cm³/mol. The monoisotopic (exact) mass is 281 g/mol. The largest absolute Gasteiger partial charge is 0.490 e. The number of para-hydroxylation sites is 1. The van der Waals surface area contributed by atoms with Gasteiger partial charge in [0.2, 0.25) is 0 Å². The first-order valence-electron chi connectivity index (χ1n) is 5.02. The Morgan fingerprint density at radius 1 is 1.39 bits per heavy atom. The van der Waals surface area contributed by atoms with E-state index in [0.717, 1.165) is 7.05 Å².